The number of anilines is 2. The summed E-state index contributed by atoms with van der Waals surface area (Å²) in [7, 11) is 4.93. The van der Waals surface area contributed by atoms with E-state index in [1.54, 1.807) is 21.7 Å². The normalized spacial score (nSPS) is 16.1. The van der Waals surface area contributed by atoms with Crippen LogP contribution in [0.2, 0.25) is 0 Å². The number of carbonyl (C=O) groups is 3. The van der Waals surface area contributed by atoms with E-state index in [4.69, 9.17) is 0 Å². The van der Waals surface area contributed by atoms with E-state index in [9.17, 15) is 27.6 Å². The Morgan fingerprint density at radius 2 is 1.76 bits per heavy atom. The molecule has 0 bridgehead atoms. The quantitative estimate of drug-likeness (QED) is 0.295. The van der Waals surface area contributed by atoms with E-state index in [2.05, 4.69) is 34.9 Å². The number of hydrogen-bond acceptors (Lipinski definition) is 10. The van der Waals surface area contributed by atoms with Gasteiger partial charge in [0.05, 0.1) is 18.2 Å². The first-order valence-electron chi connectivity index (χ1n) is 16.3. The van der Waals surface area contributed by atoms with E-state index in [0.717, 1.165) is 44.2 Å². The molecule has 0 aromatic carbocycles. The molecule has 16 heteroatoms. The molecule has 3 aromatic heterocycles. The highest BCUT2D eigenvalue weighted by Crippen LogP contribution is 2.38. The Hall–Kier alpha value is -4.57. The number of rotatable bonds is 11. The van der Waals surface area contributed by atoms with Gasteiger partial charge in [-0.2, -0.15) is 13.2 Å². The second-order valence-electron chi connectivity index (χ2n) is 12.5. The molecule has 0 unspecified atom stereocenters. The molecule has 2 aliphatic rings. The van der Waals surface area contributed by atoms with Crippen molar-refractivity contribution >= 4 is 34.9 Å². The smallest absolute Gasteiger partial charge is 0.417 e. The molecule has 3 aromatic rings. The zero-order chi connectivity index (χ0) is 35.1. The summed E-state index contributed by atoms with van der Waals surface area (Å²) in [5.74, 6) is -0.0185. The summed E-state index contributed by atoms with van der Waals surface area (Å²) < 4.78 is 49.0. The molecule has 2 saturated heterocycles. The fraction of sp³-hybridized carbons (Fsp3) is 0.515. The zero-order valence-electron chi connectivity index (χ0n) is 28.0. The fourth-order valence-electron chi connectivity index (χ4n) is 5.95. The molecule has 5 heterocycles. The lowest BCUT2D eigenvalue weighted by atomic mass is 10.1. The Labute approximate surface area is 282 Å². The molecular formula is C33H42F3N9O4. The Bertz CT molecular complexity index is 1680. The molecule has 0 atom stereocenters. The van der Waals surface area contributed by atoms with E-state index < -0.39 is 17.8 Å². The van der Waals surface area contributed by atoms with Crippen LogP contribution in [-0.4, -0.2) is 119 Å². The number of pyridine rings is 1. The second kappa shape index (κ2) is 15.8. The highest BCUT2D eigenvalue weighted by molar-refractivity contribution is 5.92. The Kier molecular flexibility index (Phi) is 11.5. The number of ether oxygens (including phenoxy) is 1. The van der Waals surface area contributed by atoms with E-state index >= 15 is 0 Å². The number of allylic oxidation sites excluding steroid dienone is 1. The number of alkyl halides is 3. The van der Waals surface area contributed by atoms with Gasteiger partial charge in [-0.3, -0.25) is 19.8 Å². The van der Waals surface area contributed by atoms with Crippen LogP contribution in [0.5, 0.6) is 0 Å². The minimum Gasteiger partial charge on any atom is -0.453 e. The molecule has 13 nitrogen and oxygen atoms in total. The number of halogens is 3. The number of ketones is 1. The van der Waals surface area contributed by atoms with E-state index in [1.165, 1.54) is 6.08 Å². The number of nitrogens with zero attached hydrogens (tertiary/aromatic N) is 8. The van der Waals surface area contributed by atoms with E-state index in [-0.39, 0.29) is 41.7 Å². The lowest BCUT2D eigenvalue weighted by Crippen LogP contribution is -2.48. The number of piperidine rings is 1. The summed E-state index contributed by atoms with van der Waals surface area (Å²) >= 11 is 0. The van der Waals surface area contributed by atoms with Crippen LogP contribution in [0, 0.1) is 0 Å². The topological polar surface area (TPSA) is 129 Å². The first-order chi connectivity index (χ1) is 23.4. The van der Waals surface area contributed by atoms with Crippen molar-refractivity contribution in [3.05, 3.63) is 47.8 Å². The van der Waals surface area contributed by atoms with Gasteiger partial charge in [0, 0.05) is 77.6 Å². The van der Waals surface area contributed by atoms with Crippen LogP contribution >= 0.6 is 0 Å². The Morgan fingerprint density at radius 3 is 2.43 bits per heavy atom. The number of aromatic nitrogens is 4. The minimum atomic E-state index is -4.78. The van der Waals surface area contributed by atoms with Crippen molar-refractivity contribution in [3.8, 4) is 11.4 Å². The highest BCUT2D eigenvalue weighted by Gasteiger charge is 2.36. The average molecular weight is 686 g/mol. The first-order valence-corrected chi connectivity index (χ1v) is 16.3. The van der Waals surface area contributed by atoms with Crippen molar-refractivity contribution in [2.75, 3.05) is 77.2 Å². The van der Waals surface area contributed by atoms with Crippen LogP contribution in [0.25, 0.3) is 16.9 Å². The maximum atomic E-state index is 14.3. The van der Waals surface area contributed by atoms with Gasteiger partial charge in [0.25, 0.3) is 0 Å². The van der Waals surface area contributed by atoms with Crippen molar-refractivity contribution in [1.82, 2.24) is 34.3 Å². The van der Waals surface area contributed by atoms with Crippen LogP contribution in [0.15, 0.2) is 36.7 Å². The fourth-order valence-corrected chi connectivity index (χ4v) is 5.95. The molecule has 2 fully saturated rings. The van der Waals surface area contributed by atoms with Gasteiger partial charge in [0.1, 0.15) is 11.3 Å². The van der Waals surface area contributed by atoms with Crippen molar-refractivity contribution < 1.29 is 32.3 Å². The summed E-state index contributed by atoms with van der Waals surface area (Å²) in [4.78, 5) is 53.2. The van der Waals surface area contributed by atoms with Crippen molar-refractivity contribution in [2.45, 2.75) is 44.8 Å². The van der Waals surface area contributed by atoms with Gasteiger partial charge in [0.2, 0.25) is 5.91 Å². The van der Waals surface area contributed by atoms with Crippen molar-refractivity contribution in [1.29, 1.82) is 0 Å². The molecule has 5 rings (SSSR count). The summed E-state index contributed by atoms with van der Waals surface area (Å²) in [6, 6.07) is 2.71. The SMILES string of the molecule is COC(=O)Nc1cc(C(F)(F)F)c(-c2nc(N3CCCCC3)c3cc(CN4CCN(C(=O)CCC(=O)/C=C/CN(C)C)CC4)cn3n2)cn1. The third-order valence-corrected chi connectivity index (χ3v) is 8.51. The number of piperazine rings is 1. The summed E-state index contributed by atoms with van der Waals surface area (Å²) in [6.45, 7) is 4.99. The molecule has 0 aliphatic carbocycles. The van der Waals surface area contributed by atoms with Crippen LogP contribution in [0.1, 0.15) is 43.2 Å². The van der Waals surface area contributed by atoms with Crippen LogP contribution in [0.4, 0.5) is 29.6 Å². The minimum absolute atomic E-state index is 0.0422. The molecule has 2 aliphatic heterocycles. The third-order valence-electron chi connectivity index (χ3n) is 8.51. The van der Waals surface area contributed by atoms with Gasteiger partial charge in [-0.05, 0) is 57.1 Å². The predicted octanol–water partition coefficient (Wildman–Crippen LogP) is 4.09. The van der Waals surface area contributed by atoms with Crippen LogP contribution in [0.3, 0.4) is 0 Å². The highest BCUT2D eigenvalue weighted by atomic mass is 19.4. The Morgan fingerprint density at radius 1 is 1.02 bits per heavy atom. The second-order valence-corrected chi connectivity index (χ2v) is 12.5. The van der Waals surface area contributed by atoms with E-state index in [1.807, 2.05) is 25.1 Å². The molecule has 0 spiro atoms. The van der Waals surface area contributed by atoms with Crippen molar-refractivity contribution in [2.24, 2.45) is 0 Å². The number of hydrogen-bond donors (Lipinski definition) is 1. The van der Waals surface area contributed by atoms with Gasteiger partial charge < -0.3 is 19.4 Å². The van der Waals surface area contributed by atoms with Gasteiger partial charge in [0.15, 0.2) is 17.4 Å². The van der Waals surface area contributed by atoms with Crippen LogP contribution < -0.4 is 10.2 Å². The predicted molar refractivity (Wildman–Crippen MR) is 177 cm³/mol. The maximum absolute atomic E-state index is 14.3. The summed E-state index contributed by atoms with van der Waals surface area (Å²) in [6.07, 6.45) is 3.70. The average Bonchev–Trinajstić information content (AvgIpc) is 3.49. The first kappa shape index (κ1) is 35.7. The van der Waals surface area contributed by atoms with Gasteiger partial charge in [-0.15, -0.1) is 5.10 Å². The molecule has 2 amide bonds. The number of likely N-dealkylation sites (N-methyl/N-ethyl adjacent to an activating group) is 1. The monoisotopic (exact) mass is 685 g/mol. The number of carbonyl (C=O) groups excluding carboxylic acids is 3. The molecule has 0 saturated carbocycles. The van der Waals surface area contributed by atoms with Gasteiger partial charge >= 0.3 is 12.3 Å². The summed E-state index contributed by atoms with van der Waals surface area (Å²) in [5.41, 5.74) is 0.240. The van der Waals surface area contributed by atoms with E-state index in [0.29, 0.717) is 63.7 Å². The molecular weight excluding hydrogens is 643 g/mol. The maximum Gasteiger partial charge on any atom is 0.417 e. The number of amides is 2. The van der Waals surface area contributed by atoms with Gasteiger partial charge in [-0.1, -0.05) is 6.08 Å². The summed E-state index contributed by atoms with van der Waals surface area (Å²) in [5, 5.41) is 6.69. The zero-order valence-corrected chi connectivity index (χ0v) is 28.0. The van der Waals surface area contributed by atoms with Crippen LogP contribution in [-0.2, 0) is 27.0 Å². The largest absolute Gasteiger partial charge is 0.453 e. The number of methoxy groups -OCH3 is 1. The molecule has 0 radical (unpaired) electrons. The standard InChI is InChI=1S/C33H42F3N9O4/c1-41(2)11-7-8-24(46)9-10-29(47)43-16-14-42(15-17-43)21-23-18-27-31(44-12-5-4-6-13-44)39-30(40-45(27)22-23)25-20-37-28(38-32(48)49-3)19-26(25)33(34,35)36/h7-8,18-20,22H,4-6,9-17,21H2,1-3H3,(H,37,38,48)/b8-7+. The lowest BCUT2D eigenvalue weighted by molar-refractivity contribution is -0.137. The number of nitrogens with one attached hydrogen (secondary N) is 1. The third kappa shape index (κ3) is 9.32. The molecule has 1 N–H and O–H groups in total. The van der Waals surface area contributed by atoms with Gasteiger partial charge in [-0.25, -0.2) is 19.3 Å². The molecule has 49 heavy (non-hydrogen) atoms. The number of fused-ring (bicyclic) bond motifs is 1. The molecule has 264 valence electrons. The Balaban J connectivity index is 1.33. The lowest BCUT2D eigenvalue weighted by Gasteiger charge is -2.34. The van der Waals surface area contributed by atoms with Crippen molar-refractivity contribution in [3.63, 3.8) is 0 Å².